The van der Waals surface area contributed by atoms with Crippen molar-refractivity contribution < 1.29 is 0 Å². The Morgan fingerprint density at radius 3 is 2.56 bits per heavy atom. The van der Waals surface area contributed by atoms with E-state index < -0.39 is 0 Å². The predicted octanol–water partition coefficient (Wildman–Crippen LogP) is 3.11. The minimum atomic E-state index is 0.792. The Labute approximate surface area is 109 Å². The summed E-state index contributed by atoms with van der Waals surface area (Å²) in [4.78, 5) is 7.78. The van der Waals surface area contributed by atoms with Gasteiger partial charge in [-0.15, -0.1) is 0 Å². The van der Waals surface area contributed by atoms with E-state index in [1.807, 2.05) is 6.20 Å². The van der Waals surface area contributed by atoms with Crippen LogP contribution in [0.1, 0.15) is 29.4 Å². The van der Waals surface area contributed by atoms with Crippen LogP contribution in [0.15, 0.2) is 18.3 Å². The molecule has 0 aliphatic heterocycles. The molecule has 0 aliphatic carbocycles. The second-order valence-corrected chi connectivity index (χ2v) is 4.78. The van der Waals surface area contributed by atoms with Crippen molar-refractivity contribution in [1.29, 1.82) is 0 Å². The van der Waals surface area contributed by atoms with Crippen molar-refractivity contribution in [3.8, 4) is 11.3 Å². The first-order chi connectivity index (χ1) is 8.61. The van der Waals surface area contributed by atoms with Crippen LogP contribution in [0.3, 0.4) is 0 Å². The maximum Gasteiger partial charge on any atom is 0.120 e. The molecule has 0 saturated heterocycles. The average Bonchev–Trinajstić information content (AvgIpc) is 2.79. The molecule has 0 atom stereocenters. The van der Waals surface area contributed by atoms with Gasteiger partial charge in [0.2, 0.25) is 0 Å². The summed E-state index contributed by atoms with van der Waals surface area (Å²) in [5.74, 6) is 0.990. The van der Waals surface area contributed by atoms with E-state index >= 15 is 0 Å². The Kier molecular flexibility index (Phi) is 3.82. The minimum Gasteiger partial charge on any atom is -0.341 e. The highest BCUT2D eigenvalue weighted by Crippen LogP contribution is 2.24. The number of benzene rings is 1. The molecule has 18 heavy (non-hydrogen) atoms. The zero-order valence-corrected chi connectivity index (χ0v) is 11.6. The summed E-state index contributed by atoms with van der Waals surface area (Å²) in [6.45, 7) is 10.3. The Bertz CT molecular complexity index is 541. The minimum absolute atomic E-state index is 0.792. The third-order valence-electron chi connectivity index (χ3n) is 3.30. The molecule has 1 aromatic heterocycles. The monoisotopic (exact) mass is 243 g/mol. The Morgan fingerprint density at radius 1 is 1.11 bits per heavy atom. The summed E-state index contributed by atoms with van der Waals surface area (Å²) in [7, 11) is 0. The molecule has 2 aromatic rings. The van der Waals surface area contributed by atoms with E-state index in [0.717, 1.165) is 24.6 Å². The van der Waals surface area contributed by atoms with Gasteiger partial charge in [0.25, 0.3) is 0 Å². The highest BCUT2D eigenvalue weighted by molar-refractivity contribution is 5.64. The van der Waals surface area contributed by atoms with Crippen molar-refractivity contribution in [2.45, 2.75) is 34.2 Å². The molecule has 0 fully saturated rings. The van der Waals surface area contributed by atoms with E-state index in [1.54, 1.807) is 0 Å². The van der Waals surface area contributed by atoms with Crippen molar-refractivity contribution in [3.63, 3.8) is 0 Å². The normalized spacial score (nSPS) is 10.9. The van der Waals surface area contributed by atoms with Crippen LogP contribution in [0, 0.1) is 20.8 Å². The number of H-pyrrole nitrogens is 1. The molecule has 0 radical (unpaired) electrons. The number of hydrogen-bond acceptors (Lipinski definition) is 2. The molecule has 3 heteroatoms. The van der Waals surface area contributed by atoms with Crippen LogP contribution in [0.4, 0.5) is 0 Å². The second kappa shape index (κ2) is 5.36. The third kappa shape index (κ3) is 2.62. The maximum absolute atomic E-state index is 4.41. The SMILES string of the molecule is CCNCc1ncc(-c2cc(C)c(C)cc2C)[nH]1. The van der Waals surface area contributed by atoms with Crippen LogP contribution in [-0.2, 0) is 6.54 Å². The number of rotatable bonds is 4. The number of nitrogens with one attached hydrogen (secondary N) is 2. The first-order valence-electron chi connectivity index (χ1n) is 6.44. The molecule has 0 aliphatic rings. The molecule has 1 heterocycles. The van der Waals surface area contributed by atoms with Gasteiger partial charge in [-0.25, -0.2) is 4.98 Å². The fourth-order valence-corrected chi connectivity index (χ4v) is 2.08. The van der Waals surface area contributed by atoms with Crippen molar-refractivity contribution in [2.24, 2.45) is 0 Å². The van der Waals surface area contributed by atoms with Crippen LogP contribution in [0.25, 0.3) is 11.3 Å². The van der Waals surface area contributed by atoms with Gasteiger partial charge in [-0.2, -0.15) is 0 Å². The lowest BCUT2D eigenvalue weighted by atomic mass is 9.99. The van der Waals surface area contributed by atoms with Gasteiger partial charge in [0.05, 0.1) is 18.4 Å². The Morgan fingerprint density at radius 2 is 1.83 bits per heavy atom. The lowest BCUT2D eigenvalue weighted by molar-refractivity contribution is 0.698. The zero-order chi connectivity index (χ0) is 13.1. The molecule has 96 valence electrons. The van der Waals surface area contributed by atoms with Gasteiger partial charge in [0, 0.05) is 5.56 Å². The van der Waals surface area contributed by atoms with Gasteiger partial charge in [0.15, 0.2) is 0 Å². The van der Waals surface area contributed by atoms with Crippen molar-refractivity contribution >= 4 is 0 Å². The van der Waals surface area contributed by atoms with Crippen LogP contribution in [0.2, 0.25) is 0 Å². The van der Waals surface area contributed by atoms with Gasteiger partial charge < -0.3 is 10.3 Å². The molecular formula is C15H21N3. The summed E-state index contributed by atoms with van der Waals surface area (Å²) in [6, 6.07) is 4.46. The average molecular weight is 243 g/mol. The zero-order valence-electron chi connectivity index (χ0n) is 11.6. The predicted molar refractivity (Wildman–Crippen MR) is 75.6 cm³/mol. The van der Waals surface area contributed by atoms with Crippen molar-refractivity contribution in [3.05, 3.63) is 40.8 Å². The first-order valence-corrected chi connectivity index (χ1v) is 6.44. The van der Waals surface area contributed by atoms with E-state index in [0.29, 0.717) is 0 Å². The maximum atomic E-state index is 4.41. The number of aromatic amines is 1. The number of hydrogen-bond donors (Lipinski definition) is 2. The van der Waals surface area contributed by atoms with E-state index in [9.17, 15) is 0 Å². The van der Waals surface area contributed by atoms with Crippen LogP contribution < -0.4 is 5.32 Å². The fraction of sp³-hybridized carbons (Fsp3) is 0.400. The molecule has 2 rings (SSSR count). The standard InChI is InChI=1S/C15H21N3/c1-5-16-9-15-17-8-14(18-15)13-7-11(3)10(2)6-12(13)4/h6-8,16H,5,9H2,1-4H3,(H,17,18). The van der Waals surface area contributed by atoms with E-state index in [1.165, 1.54) is 22.3 Å². The molecule has 0 spiro atoms. The summed E-state index contributed by atoms with van der Waals surface area (Å²) in [6.07, 6.45) is 1.92. The second-order valence-electron chi connectivity index (χ2n) is 4.78. The molecule has 3 nitrogen and oxygen atoms in total. The summed E-state index contributed by atoms with van der Waals surface area (Å²) >= 11 is 0. The number of aromatic nitrogens is 2. The molecule has 0 saturated carbocycles. The summed E-state index contributed by atoms with van der Waals surface area (Å²) in [5.41, 5.74) is 6.29. The molecule has 0 amide bonds. The number of nitrogens with zero attached hydrogens (tertiary/aromatic N) is 1. The van der Waals surface area contributed by atoms with E-state index in [2.05, 4.69) is 55.1 Å². The van der Waals surface area contributed by atoms with Crippen LogP contribution >= 0.6 is 0 Å². The van der Waals surface area contributed by atoms with Crippen LogP contribution in [-0.4, -0.2) is 16.5 Å². The van der Waals surface area contributed by atoms with Crippen LogP contribution in [0.5, 0.6) is 0 Å². The largest absolute Gasteiger partial charge is 0.341 e. The highest BCUT2D eigenvalue weighted by Gasteiger charge is 2.07. The lowest BCUT2D eigenvalue weighted by Crippen LogP contribution is -2.12. The molecule has 1 aromatic carbocycles. The Balaban J connectivity index is 2.31. The summed E-state index contributed by atoms with van der Waals surface area (Å²) in [5, 5.41) is 3.27. The molecule has 2 N–H and O–H groups in total. The highest BCUT2D eigenvalue weighted by atomic mass is 15.0. The lowest BCUT2D eigenvalue weighted by Gasteiger charge is -2.08. The van der Waals surface area contributed by atoms with Gasteiger partial charge in [-0.1, -0.05) is 13.0 Å². The van der Waals surface area contributed by atoms with Gasteiger partial charge in [-0.3, -0.25) is 0 Å². The molecule has 0 unspecified atom stereocenters. The topological polar surface area (TPSA) is 40.7 Å². The van der Waals surface area contributed by atoms with Gasteiger partial charge >= 0.3 is 0 Å². The summed E-state index contributed by atoms with van der Waals surface area (Å²) < 4.78 is 0. The van der Waals surface area contributed by atoms with Crippen molar-refractivity contribution in [2.75, 3.05) is 6.54 Å². The van der Waals surface area contributed by atoms with E-state index in [-0.39, 0.29) is 0 Å². The third-order valence-corrected chi connectivity index (χ3v) is 3.30. The Hall–Kier alpha value is -1.61. The quantitative estimate of drug-likeness (QED) is 0.866. The fourth-order valence-electron chi connectivity index (χ4n) is 2.08. The molecular weight excluding hydrogens is 222 g/mol. The van der Waals surface area contributed by atoms with Crippen molar-refractivity contribution in [1.82, 2.24) is 15.3 Å². The first kappa shape index (κ1) is 12.8. The smallest absolute Gasteiger partial charge is 0.120 e. The van der Waals surface area contributed by atoms with E-state index in [4.69, 9.17) is 0 Å². The molecule has 0 bridgehead atoms. The number of aryl methyl sites for hydroxylation is 3. The number of imidazole rings is 1. The van der Waals surface area contributed by atoms with Gasteiger partial charge in [0.1, 0.15) is 5.82 Å². The van der Waals surface area contributed by atoms with Gasteiger partial charge in [-0.05, 0) is 50.1 Å².